The Morgan fingerprint density at radius 1 is 0.303 bits per heavy atom. The number of hydrogen-bond donors (Lipinski definition) is 0. The zero-order valence-electron chi connectivity index (χ0n) is 65.5. The van der Waals surface area contributed by atoms with E-state index in [9.17, 15) is 0 Å². The van der Waals surface area contributed by atoms with E-state index in [0.717, 1.165) is 136 Å². The Morgan fingerprint density at radius 2 is 0.798 bits per heavy atom. The van der Waals surface area contributed by atoms with Gasteiger partial charge in [-0.1, -0.05) is 287 Å². The van der Waals surface area contributed by atoms with Crippen LogP contribution in [0.2, 0.25) is 0 Å². The number of hydrogen-bond acceptors (Lipinski definition) is 0. The molecule has 0 amide bonds. The molecule has 15 rings (SSSR count). The SMILES string of the molecule is CC1C(C)(C)CCCC1(C)C.CC1C2CCC(C2)[C@H]1C.CC1CCCC(C)C1C.CCC1CCCC1.CCC1CCCCC1.CC[C@H]1CC2CCC1C2.C[C@@H]1C2CCC(C2)C1(C)C.C[C@@H]1CCCCC1(C)C.C[C@H]1CC2CCC1(C)C2.C[C@H]1CC2CCC1C2. The van der Waals surface area contributed by atoms with Gasteiger partial charge in [-0.25, -0.2) is 0 Å². The Kier molecular flexibility index (Phi) is 31.6. The van der Waals surface area contributed by atoms with Gasteiger partial charge in [-0.15, -0.1) is 0 Å². The maximum absolute atomic E-state index is 2.48. The van der Waals surface area contributed by atoms with Crippen LogP contribution in [0.25, 0.3) is 0 Å². The molecule has 0 heteroatoms. The standard InChI is InChI=1S/C11H22.C10H18.3C9H16.2C9H18.C8H14.C8H16.C7H14/c1-9-10(2,3)7-6-8-11(9,4)5;1-7-8-4-5-9(6-8)10(7,2)3;1-7-5-8-3-4-9(7,2)6-8;1-6-7(2)9-4-3-8(6)5-9;1-2-8-5-7-3-4-9(8)6-7;1-8-6-4-5-7-9(8,2)3;1-7-5-4-6-8(2)9(7)3;1-6-4-7-2-3-8(6)5-7;1-2-8-6-4-3-5-7-8;1-2-7-5-3-4-6-7/h9H,6-8H2,1-5H3;7-9H,4-6H2,1-3H3;7-8H,3-6H2,1-2H3;6-9H,3-5H2,1-2H3;7-9H,2-6H2,1H3;8H,4-7H2,1-3H3;7-9H,4-6H2,1-3H3;6-8H,2-5H2,1H3;8H,2-7H2,1H3;7H,2-6H2,1H3/t;2*7-,8?,9?;6-,7?,8?,9?;7?,8-,9?;8-;;6-,7?,8?;;/m.10001.0../s1. The molecule has 0 saturated heterocycles. The molecule has 13 unspecified atom stereocenters. The molecule has 0 aliphatic heterocycles. The summed E-state index contributed by atoms with van der Waals surface area (Å²) >= 11 is 0. The summed E-state index contributed by atoms with van der Waals surface area (Å²) < 4.78 is 0. The molecule has 0 aromatic heterocycles. The first kappa shape index (κ1) is 78.0. The van der Waals surface area contributed by atoms with Crippen LogP contribution in [0, 0.1) is 157 Å². The summed E-state index contributed by atoms with van der Waals surface area (Å²) in [6, 6.07) is 0. The first-order valence-electron chi connectivity index (χ1n) is 41.9. The van der Waals surface area contributed by atoms with Gasteiger partial charge in [0.05, 0.1) is 0 Å². The van der Waals surface area contributed by atoms with E-state index >= 15 is 0 Å². The van der Waals surface area contributed by atoms with Crippen molar-refractivity contribution in [2.24, 2.45) is 157 Å². The van der Waals surface area contributed by atoms with Crippen molar-refractivity contribution >= 4 is 0 Å². The molecule has 0 spiro atoms. The summed E-state index contributed by atoms with van der Waals surface area (Å²) in [6.07, 6.45) is 60.1. The van der Waals surface area contributed by atoms with Crippen LogP contribution < -0.4 is 0 Å². The summed E-state index contributed by atoms with van der Waals surface area (Å²) in [7, 11) is 0. The van der Waals surface area contributed by atoms with E-state index in [2.05, 4.69) is 152 Å². The van der Waals surface area contributed by atoms with Crippen LogP contribution in [0.5, 0.6) is 0 Å². The maximum atomic E-state index is 2.48. The number of fused-ring (bicyclic) bond motifs is 10. The lowest BCUT2D eigenvalue weighted by atomic mass is 9.58. The Bertz CT molecular complexity index is 1840. The second kappa shape index (κ2) is 36.0. The summed E-state index contributed by atoms with van der Waals surface area (Å²) in [5.41, 5.74) is 3.22. The summed E-state index contributed by atoms with van der Waals surface area (Å²) in [4.78, 5) is 0. The largest absolute Gasteiger partial charge is 0.0651 e. The van der Waals surface area contributed by atoms with Crippen molar-refractivity contribution in [1.82, 2.24) is 0 Å². The molecule has 0 radical (unpaired) electrons. The molecule has 0 heterocycles. The zero-order chi connectivity index (χ0) is 65.5. The topological polar surface area (TPSA) is 0 Å². The Balaban J connectivity index is 0.000000158. The van der Waals surface area contributed by atoms with Crippen LogP contribution in [0.3, 0.4) is 0 Å². The third-order valence-corrected chi connectivity index (χ3v) is 33.0. The molecule has 15 saturated carbocycles. The predicted octanol–water partition coefficient (Wildman–Crippen LogP) is 29.6. The lowest BCUT2D eigenvalue weighted by Crippen LogP contribution is -2.38. The highest BCUT2D eigenvalue weighted by Gasteiger charge is 2.50. The van der Waals surface area contributed by atoms with E-state index in [1.54, 1.807) is 57.8 Å². The molecule has 15 aliphatic carbocycles. The van der Waals surface area contributed by atoms with Gasteiger partial charge in [0.2, 0.25) is 0 Å². The molecule has 89 heavy (non-hydrogen) atoms. The van der Waals surface area contributed by atoms with Crippen molar-refractivity contribution in [1.29, 1.82) is 0 Å². The fourth-order valence-corrected chi connectivity index (χ4v) is 23.3. The highest BCUT2D eigenvalue weighted by atomic mass is 14.6. The molecule has 10 bridgehead atoms. The fraction of sp³-hybridized carbons (Fsp3) is 1.00. The average Bonchev–Trinajstić information content (AvgIpc) is 2.01. The zero-order valence-corrected chi connectivity index (χ0v) is 65.5. The van der Waals surface area contributed by atoms with Crippen molar-refractivity contribution < 1.29 is 0 Å². The second-order valence-corrected chi connectivity index (χ2v) is 39.7. The van der Waals surface area contributed by atoms with Crippen LogP contribution in [-0.2, 0) is 0 Å². The molecule has 0 N–H and O–H groups in total. The average molecular weight is 1240 g/mol. The molecule has 15 fully saturated rings. The molecule has 15 aliphatic rings. The van der Waals surface area contributed by atoms with Gasteiger partial charge in [0.15, 0.2) is 0 Å². The van der Waals surface area contributed by atoms with Crippen LogP contribution >= 0.6 is 0 Å². The van der Waals surface area contributed by atoms with Gasteiger partial charge in [-0.2, -0.15) is 0 Å². The molecular weight excluding hydrogens is 1070 g/mol. The summed E-state index contributed by atoms with van der Waals surface area (Å²) in [5.74, 6) is 23.3. The van der Waals surface area contributed by atoms with E-state index in [-0.39, 0.29) is 0 Å². The van der Waals surface area contributed by atoms with Crippen LogP contribution in [-0.4, -0.2) is 0 Å². The number of rotatable bonds is 3. The Hall–Kier alpha value is 0. The van der Waals surface area contributed by atoms with Crippen molar-refractivity contribution in [3.05, 3.63) is 0 Å². The lowest BCUT2D eigenvalue weighted by molar-refractivity contribution is 0.0286. The van der Waals surface area contributed by atoms with Gasteiger partial charge in [0.1, 0.15) is 0 Å². The van der Waals surface area contributed by atoms with E-state index in [4.69, 9.17) is 0 Å². The molecule has 19 atom stereocenters. The molecular formula is C89H168. The van der Waals surface area contributed by atoms with Gasteiger partial charge in [-0.3, -0.25) is 0 Å². The van der Waals surface area contributed by atoms with Gasteiger partial charge >= 0.3 is 0 Å². The van der Waals surface area contributed by atoms with Crippen LogP contribution in [0.15, 0.2) is 0 Å². The summed E-state index contributed by atoms with van der Waals surface area (Å²) in [5, 5.41) is 0. The minimum Gasteiger partial charge on any atom is -0.0651 e. The van der Waals surface area contributed by atoms with Crippen LogP contribution in [0.1, 0.15) is 409 Å². The smallest absolute Gasteiger partial charge is 0.0297 e. The molecule has 524 valence electrons. The minimum absolute atomic E-state index is 0.571. The maximum Gasteiger partial charge on any atom is -0.0297 e. The first-order valence-corrected chi connectivity index (χ1v) is 41.9. The highest BCUT2D eigenvalue weighted by Crippen LogP contribution is 2.60. The lowest BCUT2D eigenvalue weighted by Gasteiger charge is -2.47. The van der Waals surface area contributed by atoms with Gasteiger partial charge in [-0.05, 0) is 279 Å². The second-order valence-electron chi connectivity index (χ2n) is 39.7. The highest BCUT2D eigenvalue weighted by molar-refractivity contribution is 5.00. The normalized spacial score (nSPS) is 42.5. The van der Waals surface area contributed by atoms with Crippen molar-refractivity contribution in [2.45, 2.75) is 409 Å². The summed E-state index contributed by atoms with van der Waals surface area (Å²) in [6.45, 7) is 53.0. The van der Waals surface area contributed by atoms with Crippen LogP contribution in [0.4, 0.5) is 0 Å². The molecule has 0 nitrogen and oxygen atoms in total. The Morgan fingerprint density at radius 3 is 1.07 bits per heavy atom. The third-order valence-electron chi connectivity index (χ3n) is 33.0. The van der Waals surface area contributed by atoms with E-state index in [1.165, 1.54) is 199 Å². The van der Waals surface area contributed by atoms with E-state index in [0.29, 0.717) is 21.7 Å². The van der Waals surface area contributed by atoms with Gasteiger partial charge < -0.3 is 0 Å². The third kappa shape index (κ3) is 22.5. The molecule has 0 aromatic rings. The van der Waals surface area contributed by atoms with Crippen molar-refractivity contribution in [3.63, 3.8) is 0 Å². The monoisotopic (exact) mass is 1240 g/mol. The van der Waals surface area contributed by atoms with E-state index in [1.807, 2.05) is 0 Å². The predicted molar refractivity (Wildman–Crippen MR) is 398 cm³/mol. The van der Waals surface area contributed by atoms with Gasteiger partial charge in [0.25, 0.3) is 0 Å². The van der Waals surface area contributed by atoms with Gasteiger partial charge in [0, 0.05) is 0 Å². The fourth-order valence-electron chi connectivity index (χ4n) is 23.3. The van der Waals surface area contributed by atoms with Crippen molar-refractivity contribution in [2.75, 3.05) is 0 Å². The van der Waals surface area contributed by atoms with Crippen molar-refractivity contribution in [3.8, 4) is 0 Å². The minimum atomic E-state index is 0.571. The quantitative estimate of drug-likeness (QED) is 0.264. The van der Waals surface area contributed by atoms with E-state index < -0.39 is 0 Å². The first-order chi connectivity index (χ1) is 41.9. The Labute approximate surface area is 563 Å². The molecule has 0 aromatic carbocycles.